The molecule has 0 aromatic rings. The molecule has 0 aromatic heterocycles. The predicted molar refractivity (Wildman–Crippen MR) is 311 cm³/mol. The largest absolute Gasteiger partial charge is 0.756 e. The van der Waals surface area contributed by atoms with Crippen LogP contribution in [0.15, 0.2) is 72.9 Å². The fourth-order valence-electron chi connectivity index (χ4n) is 8.77. The van der Waals surface area contributed by atoms with E-state index in [2.05, 4.69) is 79.9 Å². The summed E-state index contributed by atoms with van der Waals surface area (Å²) in [4.78, 5) is 25.5. The Kier molecular flexibility index (Phi) is 52.2. The van der Waals surface area contributed by atoms with Gasteiger partial charge in [0.15, 0.2) is 0 Å². The first kappa shape index (κ1) is 69.9. The molecule has 420 valence electrons. The molecule has 72 heavy (non-hydrogen) atoms. The van der Waals surface area contributed by atoms with E-state index in [4.69, 9.17) is 9.05 Å². The molecule has 0 radical (unpaired) electrons. The molecular formula is C63H117N2O6P. The van der Waals surface area contributed by atoms with Crippen LogP contribution in [-0.4, -0.2) is 68.5 Å². The number of hydrogen-bond acceptors (Lipinski definition) is 6. The van der Waals surface area contributed by atoms with E-state index in [1.165, 1.54) is 180 Å². The van der Waals surface area contributed by atoms with Crippen LogP contribution in [0, 0.1) is 0 Å². The number of hydrogen-bond donors (Lipinski definition) is 2. The van der Waals surface area contributed by atoms with Crippen LogP contribution in [0.3, 0.4) is 0 Å². The summed E-state index contributed by atoms with van der Waals surface area (Å²) in [5.41, 5.74) is 0. The van der Waals surface area contributed by atoms with Gasteiger partial charge in [-0.25, -0.2) is 0 Å². The lowest BCUT2D eigenvalue weighted by atomic mass is 10.0. The quantitative estimate of drug-likeness (QED) is 0.0272. The second-order valence-electron chi connectivity index (χ2n) is 21.7. The fraction of sp³-hybridized carbons (Fsp3) is 0.794. The van der Waals surface area contributed by atoms with Gasteiger partial charge in [0, 0.05) is 6.42 Å². The summed E-state index contributed by atoms with van der Waals surface area (Å²) in [5, 5.41) is 14.0. The third kappa shape index (κ3) is 55.7. The number of likely N-dealkylation sites (N-methyl/N-ethyl adjacent to an activating group) is 1. The zero-order chi connectivity index (χ0) is 52.7. The second kappa shape index (κ2) is 53.8. The van der Waals surface area contributed by atoms with Crippen molar-refractivity contribution in [2.45, 2.75) is 283 Å². The molecule has 0 saturated carbocycles. The Balaban J connectivity index is 4.15. The van der Waals surface area contributed by atoms with E-state index in [9.17, 15) is 19.4 Å². The van der Waals surface area contributed by atoms with Crippen molar-refractivity contribution in [3.05, 3.63) is 72.9 Å². The normalized spacial score (nSPS) is 14.4. The number of amides is 1. The summed E-state index contributed by atoms with van der Waals surface area (Å²) in [5.74, 6) is -0.246. The Morgan fingerprint density at radius 3 is 1.15 bits per heavy atom. The number of phosphoric ester groups is 1. The molecule has 0 heterocycles. The van der Waals surface area contributed by atoms with Crippen molar-refractivity contribution in [2.24, 2.45) is 0 Å². The lowest BCUT2D eigenvalue weighted by Crippen LogP contribution is -2.46. The van der Waals surface area contributed by atoms with Crippen molar-refractivity contribution in [2.75, 3.05) is 40.9 Å². The number of nitrogens with one attached hydrogen (secondary N) is 1. The highest BCUT2D eigenvalue weighted by atomic mass is 31.2. The van der Waals surface area contributed by atoms with Gasteiger partial charge in [0.2, 0.25) is 5.91 Å². The zero-order valence-electron chi connectivity index (χ0n) is 47.9. The lowest BCUT2D eigenvalue weighted by molar-refractivity contribution is -0.870. The molecule has 0 aromatic carbocycles. The van der Waals surface area contributed by atoms with E-state index >= 15 is 0 Å². The minimum absolute atomic E-state index is 0.00447. The summed E-state index contributed by atoms with van der Waals surface area (Å²) in [6.07, 6.45) is 74.1. The summed E-state index contributed by atoms with van der Waals surface area (Å²) < 4.78 is 23.4. The maximum absolute atomic E-state index is 12.9. The van der Waals surface area contributed by atoms with Crippen LogP contribution in [0.4, 0.5) is 0 Å². The number of carbonyl (C=O) groups is 1. The number of aliphatic hydroxyl groups is 1. The van der Waals surface area contributed by atoms with E-state index in [0.29, 0.717) is 23.9 Å². The molecule has 0 aliphatic carbocycles. The third-order valence-electron chi connectivity index (χ3n) is 13.5. The Bertz CT molecular complexity index is 1400. The first-order valence-corrected chi connectivity index (χ1v) is 31.7. The molecule has 8 nitrogen and oxygen atoms in total. The average Bonchev–Trinajstić information content (AvgIpc) is 3.34. The van der Waals surface area contributed by atoms with Gasteiger partial charge in [0.05, 0.1) is 39.9 Å². The van der Waals surface area contributed by atoms with Gasteiger partial charge in [-0.3, -0.25) is 9.36 Å². The van der Waals surface area contributed by atoms with Gasteiger partial charge in [-0.05, 0) is 51.4 Å². The number of carbonyl (C=O) groups excluding carboxylic acids is 1. The maximum Gasteiger partial charge on any atom is 0.268 e. The number of phosphoric acid groups is 1. The van der Waals surface area contributed by atoms with Crippen molar-refractivity contribution >= 4 is 13.7 Å². The van der Waals surface area contributed by atoms with Gasteiger partial charge in [0.1, 0.15) is 13.2 Å². The standard InChI is InChI=1S/C63H117N2O6P/c1-6-8-10-12-14-16-18-20-22-24-26-27-28-29-30-31-32-33-34-35-36-37-39-40-42-44-46-48-50-52-54-56-62(66)61(60-71-72(68,69)70-59-58-65(3,4)5)64-63(67)57-55-53-51-49-47-45-43-41-38-25-23-21-19-17-15-13-11-9-7-2/h9,11,15,17,21,23,38,41,45,47,51,53,61-62,66H,6-8,10,12-14,16,18-20,22,24-37,39-40,42-44,46,48-50,52,54-60H2,1-5H3,(H-,64,67,68,69)/b11-9-,17-15-,23-21-,41-38-,47-45-,53-51-. The molecule has 0 aliphatic rings. The van der Waals surface area contributed by atoms with Crippen LogP contribution in [0.5, 0.6) is 0 Å². The Morgan fingerprint density at radius 1 is 0.500 bits per heavy atom. The van der Waals surface area contributed by atoms with Gasteiger partial charge < -0.3 is 28.8 Å². The van der Waals surface area contributed by atoms with Crippen molar-refractivity contribution in [1.82, 2.24) is 5.32 Å². The van der Waals surface area contributed by atoms with Crippen LogP contribution in [-0.2, 0) is 18.4 Å². The number of rotatable bonds is 55. The lowest BCUT2D eigenvalue weighted by Gasteiger charge is -2.30. The molecule has 1 amide bonds. The zero-order valence-corrected chi connectivity index (χ0v) is 48.8. The highest BCUT2D eigenvalue weighted by molar-refractivity contribution is 7.45. The SMILES string of the molecule is CC/C=C\C/C=C\C/C=C\C/C=C\C/C=C\C/C=C\CCC(=O)NC(COP(=O)([O-])OCC[N+](C)(C)C)C(O)CCCCCCCCCCCCCCCCCCCCCCCCCCCCCCCCC. The summed E-state index contributed by atoms with van der Waals surface area (Å²) in [6, 6.07) is -0.847. The number of allylic oxidation sites excluding steroid dienone is 12. The summed E-state index contributed by atoms with van der Waals surface area (Å²) in [7, 11) is 1.26. The average molecular weight is 1030 g/mol. The Labute approximate surface area is 446 Å². The highest BCUT2D eigenvalue weighted by Crippen LogP contribution is 2.38. The molecule has 9 heteroatoms. The number of quaternary nitrogens is 1. The van der Waals surface area contributed by atoms with Gasteiger partial charge >= 0.3 is 0 Å². The van der Waals surface area contributed by atoms with Crippen molar-refractivity contribution in [1.29, 1.82) is 0 Å². The third-order valence-corrected chi connectivity index (χ3v) is 14.4. The molecule has 3 unspecified atom stereocenters. The molecular weight excluding hydrogens is 912 g/mol. The number of unbranched alkanes of at least 4 members (excludes halogenated alkanes) is 30. The molecule has 0 fully saturated rings. The monoisotopic (exact) mass is 1030 g/mol. The van der Waals surface area contributed by atoms with Crippen LogP contribution < -0.4 is 10.2 Å². The minimum atomic E-state index is -4.60. The molecule has 0 bridgehead atoms. The van der Waals surface area contributed by atoms with Gasteiger partial charge in [-0.1, -0.05) is 286 Å². The smallest absolute Gasteiger partial charge is 0.268 e. The summed E-state index contributed by atoms with van der Waals surface area (Å²) >= 11 is 0. The fourth-order valence-corrected chi connectivity index (χ4v) is 9.49. The van der Waals surface area contributed by atoms with E-state index in [1.807, 2.05) is 33.3 Å². The van der Waals surface area contributed by atoms with Gasteiger partial charge in [-0.15, -0.1) is 0 Å². The molecule has 0 spiro atoms. The Morgan fingerprint density at radius 2 is 0.819 bits per heavy atom. The van der Waals surface area contributed by atoms with E-state index in [1.54, 1.807) is 0 Å². The van der Waals surface area contributed by atoms with Crippen LogP contribution in [0.25, 0.3) is 0 Å². The highest BCUT2D eigenvalue weighted by Gasteiger charge is 2.24. The van der Waals surface area contributed by atoms with E-state index < -0.39 is 20.0 Å². The van der Waals surface area contributed by atoms with Gasteiger partial charge in [0.25, 0.3) is 7.82 Å². The van der Waals surface area contributed by atoms with Crippen molar-refractivity contribution < 1.29 is 32.9 Å². The second-order valence-corrected chi connectivity index (χ2v) is 23.1. The molecule has 0 saturated heterocycles. The first-order chi connectivity index (χ1) is 35.0. The molecule has 0 aliphatic heterocycles. The molecule has 2 N–H and O–H groups in total. The Hall–Kier alpha value is -2.06. The minimum Gasteiger partial charge on any atom is -0.756 e. The van der Waals surface area contributed by atoms with E-state index in [-0.39, 0.29) is 25.5 Å². The first-order valence-electron chi connectivity index (χ1n) is 30.3. The van der Waals surface area contributed by atoms with Crippen LogP contribution in [0.1, 0.15) is 271 Å². The summed E-state index contributed by atoms with van der Waals surface area (Å²) in [6.45, 7) is 4.57. The van der Waals surface area contributed by atoms with Crippen LogP contribution >= 0.6 is 7.82 Å². The maximum atomic E-state index is 12.9. The van der Waals surface area contributed by atoms with E-state index in [0.717, 1.165) is 57.8 Å². The molecule has 3 atom stereocenters. The molecule has 0 rings (SSSR count). The number of nitrogens with zero attached hydrogens (tertiary/aromatic N) is 1. The predicted octanol–water partition coefficient (Wildman–Crippen LogP) is 18.0. The van der Waals surface area contributed by atoms with Crippen LogP contribution in [0.2, 0.25) is 0 Å². The number of aliphatic hydroxyl groups excluding tert-OH is 1. The van der Waals surface area contributed by atoms with Gasteiger partial charge in [-0.2, -0.15) is 0 Å². The van der Waals surface area contributed by atoms with Crippen molar-refractivity contribution in [3.63, 3.8) is 0 Å². The van der Waals surface area contributed by atoms with Crippen molar-refractivity contribution in [3.8, 4) is 0 Å². The topological polar surface area (TPSA) is 108 Å².